The molecule has 44 heavy (non-hydrogen) atoms. The molecule has 4 aromatic rings. The van der Waals surface area contributed by atoms with Gasteiger partial charge in [0.25, 0.3) is 0 Å². The molecule has 2 saturated heterocycles. The third-order valence-corrected chi connectivity index (χ3v) is 9.88. The Hall–Kier alpha value is -4.52. The van der Waals surface area contributed by atoms with Crippen molar-refractivity contribution in [2.24, 2.45) is 5.92 Å². The summed E-state index contributed by atoms with van der Waals surface area (Å²) in [6, 6.07) is 7.92. The summed E-state index contributed by atoms with van der Waals surface area (Å²) < 4.78 is 94.3. The molecular formula is C28H23F4N5O6S. The van der Waals surface area contributed by atoms with Crippen molar-refractivity contribution in [3.8, 4) is 11.9 Å². The predicted molar refractivity (Wildman–Crippen MR) is 146 cm³/mol. The number of carbonyl (C=O) groups is 1. The predicted octanol–water partition coefficient (Wildman–Crippen LogP) is 4.39. The Morgan fingerprint density at radius 3 is 2.70 bits per heavy atom. The zero-order chi connectivity index (χ0) is 31.6. The molecule has 0 aliphatic carbocycles. The monoisotopic (exact) mass is 633 g/mol. The van der Waals surface area contributed by atoms with E-state index < -0.39 is 75.3 Å². The largest absolute Gasteiger partial charge is 0.480 e. The van der Waals surface area contributed by atoms with Gasteiger partial charge < -0.3 is 19.2 Å². The van der Waals surface area contributed by atoms with Crippen LogP contribution < -0.4 is 9.64 Å². The number of anilines is 1. The zero-order valence-electron chi connectivity index (χ0n) is 22.9. The molecule has 230 valence electrons. The second kappa shape index (κ2) is 10.3. The summed E-state index contributed by atoms with van der Waals surface area (Å²) in [5, 5.41) is 19.8. The Kier molecular flexibility index (Phi) is 6.91. The zero-order valence-corrected chi connectivity index (χ0v) is 23.7. The Bertz CT molecular complexity index is 1960. The molecule has 0 spiro atoms. The fraction of sp³-hybridized carbons (Fsp3) is 0.393. The van der Waals surface area contributed by atoms with Gasteiger partial charge in [0.15, 0.2) is 21.2 Å². The number of sulfone groups is 1. The van der Waals surface area contributed by atoms with Crippen LogP contribution in [0.2, 0.25) is 0 Å². The highest BCUT2D eigenvalue weighted by atomic mass is 32.2. The molecule has 0 bridgehead atoms. The molecule has 2 fully saturated rings. The number of carboxylic acid groups (broad SMARTS) is 1. The molecule has 3 aromatic heterocycles. The second-order valence-electron chi connectivity index (χ2n) is 10.9. The molecule has 0 unspecified atom stereocenters. The van der Waals surface area contributed by atoms with E-state index in [0.717, 1.165) is 11.1 Å². The smallest absolute Gasteiger partial charge is 0.451 e. The first-order valence-corrected chi connectivity index (χ1v) is 15.2. The lowest BCUT2D eigenvalue weighted by Crippen LogP contribution is -2.41. The number of hydrogen-bond acceptors (Lipinski definition) is 10. The van der Waals surface area contributed by atoms with Crippen LogP contribution in [0.1, 0.15) is 36.7 Å². The molecule has 6 rings (SSSR count). The molecule has 0 saturated carbocycles. The van der Waals surface area contributed by atoms with Gasteiger partial charge in [0.1, 0.15) is 35.0 Å². The SMILES string of the molecule is C[C@H]1CS(=O)(=O)CC[C@]1(F)c1cc(C#N)cnc1O[C@H]1C[C@@H](C(=O)O)N(c2nc(C(F)(F)F)nc3c2oc2ccccc23)C1. The van der Waals surface area contributed by atoms with Gasteiger partial charge in [0.05, 0.1) is 29.2 Å². The number of carboxylic acids is 1. The maximum absolute atomic E-state index is 16.5. The van der Waals surface area contributed by atoms with Gasteiger partial charge >= 0.3 is 12.1 Å². The number of halogens is 4. The van der Waals surface area contributed by atoms with Crippen molar-refractivity contribution in [2.45, 2.75) is 43.8 Å². The van der Waals surface area contributed by atoms with Crippen molar-refractivity contribution in [1.29, 1.82) is 5.26 Å². The summed E-state index contributed by atoms with van der Waals surface area (Å²) in [6.45, 7) is 1.12. The first kappa shape index (κ1) is 29.5. The lowest BCUT2D eigenvalue weighted by Gasteiger charge is -2.36. The Labute approximate surface area is 247 Å². The average Bonchev–Trinajstić information content (AvgIpc) is 3.56. The van der Waals surface area contributed by atoms with E-state index in [1.54, 1.807) is 12.1 Å². The second-order valence-corrected chi connectivity index (χ2v) is 13.2. The first-order chi connectivity index (χ1) is 20.7. The normalized spacial score (nSPS) is 25.3. The molecule has 11 nitrogen and oxygen atoms in total. The van der Waals surface area contributed by atoms with Crippen LogP contribution >= 0.6 is 0 Å². The van der Waals surface area contributed by atoms with E-state index >= 15 is 4.39 Å². The van der Waals surface area contributed by atoms with E-state index in [-0.39, 0.29) is 52.0 Å². The third-order valence-electron chi connectivity index (χ3n) is 8.04. The number of ether oxygens (including phenoxy) is 1. The number of nitrogens with zero attached hydrogens (tertiary/aromatic N) is 5. The number of hydrogen-bond donors (Lipinski definition) is 1. The van der Waals surface area contributed by atoms with Crippen molar-refractivity contribution in [1.82, 2.24) is 15.0 Å². The Morgan fingerprint density at radius 1 is 1.27 bits per heavy atom. The van der Waals surface area contributed by atoms with Gasteiger partial charge in [0, 0.05) is 30.3 Å². The summed E-state index contributed by atoms with van der Waals surface area (Å²) in [6.07, 6.45) is -5.54. The molecule has 2 aliphatic rings. The Balaban J connectivity index is 1.41. The van der Waals surface area contributed by atoms with Crippen LogP contribution in [0, 0.1) is 17.2 Å². The number of benzene rings is 1. The molecule has 2 aliphatic heterocycles. The number of para-hydroxylation sites is 1. The molecular weight excluding hydrogens is 610 g/mol. The van der Waals surface area contributed by atoms with Gasteiger partial charge in [-0.15, -0.1) is 0 Å². The van der Waals surface area contributed by atoms with Crippen molar-refractivity contribution in [2.75, 3.05) is 23.0 Å². The summed E-state index contributed by atoms with van der Waals surface area (Å²) in [4.78, 5) is 24.9. The van der Waals surface area contributed by atoms with Crippen LogP contribution in [0.15, 0.2) is 40.9 Å². The molecule has 4 atom stereocenters. The topological polar surface area (TPSA) is 160 Å². The van der Waals surface area contributed by atoms with Crippen LogP contribution in [0.25, 0.3) is 22.1 Å². The lowest BCUT2D eigenvalue weighted by molar-refractivity contribution is -0.144. The van der Waals surface area contributed by atoms with Crippen LogP contribution in [-0.4, -0.2) is 64.6 Å². The average molecular weight is 634 g/mol. The van der Waals surface area contributed by atoms with E-state index in [4.69, 9.17) is 9.15 Å². The number of alkyl halides is 4. The minimum atomic E-state index is -4.96. The van der Waals surface area contributed by atoms with Gasteiger partial charge in [-0.25, -0.2) is 32.6 Å². The van der Waals surface area contributed by atoms with E-state index in [9.17, 15) is 36.8 Å². The number of pyridine rings is 1. The van der Waals surface area contributed by atoms with Crippen molar-refractivity contribution in [3.63, 3.8) is 0 Å². The van der Waals surface area contributed by atoms with Gasteiger partial charge in [-0.1, -0.05) is 19.1 Å². The number of rotatable bonds is 5. The van der Waals surface area contributed by atoms with Crippen LogP contribution in [0.3, 0.4) is 0 Å². The minimum Gasteiger partial charge on any atom is -0.480 e. The number of fused-ring (bicyclic) bond motifs is 3. The van der Waals surface area contributed by atoms with Crippen molar-refractivity contribution < 1.29 is 45.0 Å². The highest BCUT2D eigenvalue weighted by Gasteiger charge is 2.48. The van der Waals surface area contributed by atoms with Crippen molar-refractivity contribution in [3.05, 3.63) is 53.5 Å². The van der Waals surface area contributed by atoms with E-state index in [2.05, 4.69) is 15.0 Å². The molecule has 1 aromatic carbocycles. The highest BCUT2D eigenvalue weighted by Crippen LogP contribution is 2.46. The quantitative estimate of drug-likeness (QED) is 0.311. The molecule has 1 N–H and O–H groups in total. The summed E-state index contributed by atoms with van der Waals surface area (Å²) in [5.41, 5.74) is -2.48. The van der Waals surface area contributed by atoms with Crippen LogP contribution in [0.4, 0.5) is 23.4 Å². The van der Waals surface area contributed by atoms with Gasteiger partial charge in [-0.05, 0) is 18.2 Å². The number of aliphatic carboxylic acids is 1. The summed E-state index contributed by atoms with van der Waals surface area (Å²) in [7, 11) is -3.50. The summed E-state index contributed by atoms with van der Waals surface area (Å²) >= 11 is 0. The lowest BCUT2D eigenvalue weighted by atomic mass is 9.82. The van der Waals surface area contributed by atoms with E-state index in [1.807, 2.05) is 6.07 Å². The van der Waals surface area contributed by atoms with Gasteiger partial charge in [0.2, 0.25) is 11.7 Å². The molecule has 5 heterocycles. The maximum Gasteiger partial charge on any atom is 0.451 e. The standard InChI is InChI=1S/C28H23F4N5O6S/c1-14-13-44(40,41)7-6-27(14,29)18-8-15(10-33)11-34-24(18)42-16-9-19(25(38)39)37(12-16)23-22-21(35-26(36-23)28(30,31)32)17-4-2-3-5-20(17)43-22/h2-5,8,11,14,16,19H,6-7,9,12-13H2,1H3,(H,38,39)/t14-,16-,19-,27+/m0/s1. The fourth-order valence-electron chi connectivity index (χ4n) is 5.86. The molecule has 0 radical (unpaired) electrons. The van der Waals surface area contributed by atoms with Crippen LogP contribution in [0.5, 0.6) is 5.88 Å². The number of aromatic nitrogens is 3. The number of nitriles is 1. The minimum absolute atomic E-state index is 0.00518. The Morgan fingerprint density at radius 2 is 2.02 bits per heavy atom. The molecule has 16 heteroatoms. The van der Waals surface area contributed by atoms with E-state index in [0.29, 0.717) is 0 Å². The highest BCUT2D eigenvalue weighted by molar-refractivity contribution is 7.91. The van der Waals surface area contributed by atoms with Gasteiger partial charge in [-0.2, -0.15) is 18.4 Å². The van der Waals surface area contributed by atoms with Crippen LogP contribution in [-0.2, 0) is 26.5 Å². The van der Waals surface area contributed by atoms with Gasteiger partial charge in [-0.3, -0.25) is 0 Å². The number of furan rings is 1. The molecule has 0 amide bonds. The van der Waals surface area contributed by atoms with E-state index in [1.165, 1.54) is 25.1 Å². The third kappa shape index (κ3) is 5.04. The maximum atomic E-state index is 16.5. The fourth-order valence-corrected chi connectivity index (χ4v) is 7.66. The summed E-state index contributed by atoms with van der Waals surface area (Å²) in [5.74, 6) is -5.45. The first-order valence-electron chi connectivity index (χ1n) is 13.4. The van der Waals surface area contributed by atoms with Crippen molar-refractivity contribution >= 4 is 43.7 Å².